The van der Waals surface area contributed by atoms with Crippen LogP contribution in [0.15, 0.2) is 21.8 Å². The number of nitrogens with one attached hydrogen (secondary N) is 1. The van der Waals surface area contributed by atoms with Gasteiger partial charge in [0.2, 0.25) is 5.89 Å². The third-order valence-corrected chi connectivity index (χ3v) is 3.31. The van der Waals surface area contributed by atoms with E-state index in [-0.39, 0.29) is 24.0 Å². The molecule has 2 aromatic rings. The number of halogens is 2. The standard InChI is InChI=1S/C14H21ClN6O.HI/c1-5-16-14(17-7-13-18-10(2)19-22-13)21(4)9-12-6-11(15)8-20(12)3;/h6,8H,5,7,9H2,1-4H3,(H,16,17);1H. The van der Waals surface area contributed by atoms with Gasteiger partial charge in [-0.2, -0.15) is 4.98 Å². The zero-order valence-corrected chi connectivity index (χ0v) is 16.8. The van der Waals surface area contributed by atoms with Crippen molar-refractivity contribution in [3.05, 3.63) is 34.7 Å². The molecule has 7 nitrogen and oxygen atoms in total. The maximum Gasteiger partial charge on any atom is 0.248 e. The SMILES string of the molecule is CCNC(=NCc1nc(C)no1)N(C)Cc1cc(Cl)cn1C.I. The van der Waals surface area contributed by atoms with E-state index in [0.29, 0.717) is 24.8 Å². The van der Waals surface area contributed by atoms with E-state index >= 15 is 0 Å². The molecule has 0 aliphatic carbocycles. The van der Waals surface area contributed by atoms with Crippen LogP contribution in [0.3, 0.4) is 0 Å². The van der Waals surface area contributed by atoms with Crippen molar-refractivity contribution in [3.63, 3.8) is 0 Å². The van der Waals surface area contributed by atoms with Crippen molar-refractivity contribution in [1.82, 2.24) is 24.9 Å². The molecule has 0 bridgehead atoms. The second kappa shape index (κ2) is 9.11. The maximum atomic E-state index is 6.02. The van der Waals surface area contributed by atoms with Gasteiger partial charge in [-0.1, -0.05) is 16.8 Å². The van der Waals surface area contributed by atoms with Crippen LogP contribution in [-0.2, 0) is 20.1 Å². The monoisotopic (exact) mass is 452 g/mol. The van der Waals surface area contributed by atoms with Gasteiger partial charge >= 0.3 is 0 Å². The number of nitrogens with zero attached hydrogens (tertiary/aromatic N) is 5. The van der Waals surface area contributed by atoms with Crippen molar-refractivity contribution in [3.8, 4) is 0 Å². The molecule has 0 aromatic carbocycles. The molecule has 23 heavy (non-hydrogen) atoms. The summed E-state index contributed by atoms with van der Waals surface area (Å²) in [7, 11) is 3.95. The van der Waals surface area contributed by atoms with Crippen molar-refractivity contribution in [2.45, 2.75) is 26.9 Å². The number of aliphatic imine (C=N–C) groups is 1. The molecule has 2 aromatic heterocycles. The molecule has 0 fully saturated rings. The first-order valence-electron chi connectivity index (χ1n) is 7.09. The fraction of sp³-hybridized carbons (Fsp3) is 0.500. The molecule has 0 aliphatic rings. The molecular formula is C14H22ClIN6O. The fourth-order valence-corrected chi connectivity index (χ4v) is 2.33. The van der Waals surface area contributed by atoms with Gasteiger partial charge in [-0.3, -0.25) is 0 Å². The lowest BCUT2D eigenvalue weighted by molar-refractivity contribution is 0.375. The van der Waals surface area contributed by atoms with Crippen LogP contribution >= 0.6 is 35.6 Å². The number of hydrogen-bond acceptors (Lipinski definition) is 4. The Morgan fingerprint density at radius 2 is 2.26 bits per heavy atom. The average molecular weight is 453 g/mol. The summed E-state index contributed by atoms with van der Waals surface area (Å²) in [6.07, 6.45) is 1.88. The first-order valence-corrected chi connectivity index (χ1v) is 7.46. The highest BCUT2D eigenvalue weighted by Gasteiger charge is 2.10. The lowest BCUT2D eigenvalue weighted by Gasteiger charge is -2.22. The summed E-state index contributed by atoms with van der Waals surface area (Å²) in [5.41, 5.74) is 1.10. The van der Waals surface area contributed by atoms with E-state index in [4.69, 9.17) is 16.1 Å². The summed E-state index contributed by atoms with van der Waals surface area (Å²) >= 11 is 6.02. The summed E-state index contributed by atoms with van der Waals surface area (Å²) in [5, 5.41) is 7.74. The normalized spacial score (nSPS) is 11.3. The molecule has 0 spiro atoms. The molecule has 2 heterocycles. The van der Waals surface area contributed by atoms with E-state index in [2.05, 4.69) is 20.4 Å². The predicted molar refractivity (Wildman–Crippen MR) is 101 cm³/mol. The van der Waals surface area contributed by atoms with Crippen molar-refractivity contribution in [2.24, 2.45) is 12.0 Å². The third kappa shape index (κ3) is 5.69. The largest absolute Gasteiger partial charge is 0.357 e. The van der Waals surface area contributed by atoms with Crippen molar-refractivity contribution in [2.75, 3.05) is 13.6 Å². The van der Waals surface area contributed by atoms with Gasteiger partial charge < -0.3 is 19.3 Å². The smallest absolute Gasteiger partial charge is 0.248 e. The predicted octanol–water partition coefficient (Wildman–Crippen LogP) is 2.59. The lowest BCUT2D eigenvalue weighted by Crippen LogP contribution is -2.38. The Kier molecular flexibility index (Phi) is 7.83. The Hall–Kier alpha value is -1.29. The van der Waals surface area contributed by atoms with Gasteiger partial charge in [0.1, 0.15) is 6.54 Å². The molecule has 0 unspecified atom stereocenters. The van der Waals surface area contributed by atoms with Crippen LogP contribution < -0.4 is 5.32 Å². The number of hydrogen-bond donors (Lipinski definition) is 1. The van der Waals surface area contributed by atoms with Gasteiger partial charge in [0.05, 0.1) is 11.6 Å². The average Bonchev–Trinajstić information content (AvgIpc) is 3.00. The van der Waals surface area contributed by atoms with Gasteiger partial charge in [-0.15, -0.1) is 24.0 Å². The van der Waals surface area contributed by atoms with E-state index in [9.17, 15) is 0 Å². The van der Waals surface area contributed by atoms with Crippen LogP contribution in [0.2, 0.25) is 5.02 Å². The molecule has 0 saturated heterocycles. The minimum absolute atomic E-state index is 0. The van der Waals surface area contributed by atoms with E-state index < -0.39 is 0 Å². The molecule has 0 aliphatic heterocycles. The van der Waals surface area contributed by atoms with E-state index in [1.54, 1.807) is 6.92 Å². The first kappa shape index (κ1) is 19.8. The summed E-state index contributed by atoms with van der Waals surface area (Å²) in [6, 6.07) is 1.95. The molecule has 9 heteroatoms. The highest BCUT2D eigenvalue weighted by atomic mass is 127. The topological polar surface area (TPSA) is 71.5 Å². The van der Waals surface area contributed by atoms with Crippen LogP contribution in [0.1, 0.15) is 24.3 Å². The minimum atomic E-state index is 0. The Morgan fingerprint density at radius 1 is 1.52 bits per heavy atom. The minimum Gasteiger partial charge on any atom is -0.357 e. The van der Waals surface area contributed by atoms with Crippen molar-refractivity contribution < 1.29 is 4.52 Å². The maximum absolute atomic E-state index is 6.02. The number of aryl methyl sites for hydroxylation is 2. The zero-order valence-electron chi connectivity index (χ0n) is 13.7. The molecule has 1 N–H and O–H groups in total. The van der Waals surface area contributed by atoms with Crippen LogP contribution in [0.5, 0.6) is 0 Å². The lowest BCUT2D eigenvalue weighted by atomic mass is 10.4. The summed E-state index contributed by atoms with van der Waals surface area (Å²) in [5.74, 6) is 1.89. The molecule has 0 amide bonds. The zero-order chi connectivity index (χ0) is 16.1. The van der Waals surface area contributed by atoms with E-state index in [1.165, 1.54) is 0 Å². The number of aromatic nitrogens is 3. The number of rotatable bonds is 5. The van der Waals surface area contributed by atoms with Gasteiger partial charge in [0.25, 0.3) is 0 Å². The summed E-state index contributed by atoms with van der Waals surface area (Å²) < 4.78 is 7.08. The molecule has 0 radical (unpaired) electrons. The number of guanidine groups is 1. The highest BCUT2D eigenvalue weighted by molar-refractivity contribution is 14.0. The van der Waals surface area contributed by atoms with Crippen LogP contribution in [-0.4, -0.2) is 39.2 Å². The summed E-state index contributed by atoms with van der Waals surface area (Å²) in [6.45, 7) is 5.63. The van der Waals surface area contributed by atoms with Gasteiger partial charge in [-0.05, 0) is 19.9 Å². The van der Waals surface area contributed by atoms with E-state index in [1.807, 2.05) is 42.7 Å². The van der Waals surface area contributed by atoms with Crippen molar-refractivity contribution in [1.29, 1.82) is 0 Å². The van der Waals surface area contributed by atoms with Crippen LogP contribution in [0, 0.1) is 6.92 Å². The Bertz CT molecular complexity index is 653. The molecule has 2 rings (SSSR count). The second-order valence-corrected chi connectivity index (χ2v) is 5.46. The quantitative estimate of drug-likeness (QED) is 0.429. The van der Waals surface area contributed by atoms with Gasteiger partial charge in [0.15, 0.2) is 11.8 Å². The molecular weight excluding hydrogens is 431 g/mol. The van der Waals surface area contributed by atoms with Gasteiger partial charge in [0, 0.05) is 32.5 Å². The summed E-state index contributed by atoms with van der Waals surface area (Å²) in [4.78, 5) is 10.7. The molecule has 0 saturated carbocycles. The van der Waals surface area contributed by atoms with Crippen LogP contribution in [0.25, 0.3) is 0 Å². The van der Waals surface area contributed by atoms with Gasteiger partial charge in [-0.25, -0.2) is 4.99 Å². The Balaban J connectivity index is 0.00000264. The Labute approximate surface area is 158 Å². The third-order valence-electron chi connectivity index (χ3n) is 3.10. The molecule has 128 valence electrons. The second-order valence-electron chi connectivity index (χ2n) is 5.02. The fourth-order valence-electron chi connectivity index (χ4n) is 2.06. The van der Waals surface area contributed by atoms with Crippen molar-refractivity contribution >= 4 is 41.5 Å². The van der Waals surface area contributed by atoms with E-state index in [0.717, 1.165) is 23.2 Å². The highest BCUT2D eigenvalue weighted by Crippen LogP contribution is 2.14. The van der Waals surface area contributed by atoms with Crippen LogP contribution in [0.4, 0.5) is 0 Å². The molecule has 0 atom stereocenters. The first-order chi connectivity index (χ1) is 10.5. The Morgan fingerprint density at radius 3 is 2.78 bits per heavy atom.